The quantitative estimate of drug-likeness (QED) is 0.430. The zero-order chi connectivity index (χ0) is 23.8. The number of nitrogens with zero attached hydrogens (tertiary/aromatic N) is 1. The molecule has 0 amide bonds. The van der Waals surface area contributed by atoms with Gasteiger partial charge in [-0.05, 0) is 50.3 Å². The number of carbonyl (C=O) groups excluding carboxylic acids is 1. The lowest BCUT2D eigenvalue weighted by Gasteiger charge is -2.47. The highest BCUT2D eigenvalue weighted by molar-refractivity contribution is 5.76. The molecule has 0 aliphatic rings. The molecule has 0 aromatic heterocycles. The van der Waals surface area contributed by atoms with E-state index in [4.69, 9.17) is 0 Å². The maximum atomic E-state index is 12.3. The van der Waals surface area contributed by atoms with Crippen molar-refractivity contribution in [1.29, 1.82) is 0 Å². The topological polar surface area (TPSA) is 40.5 Å². The molecule has 3 nitrogen and oxygen atoms in total. The molecular formula is C29H43NO2. The Bertz CT molecular complexity index is 820. The summed E-state index contributed by atoms with van der Waals surface area (Å²) >= 11 is 0. The van der Waals surface area contributed by atoms with Crippen LogP contribution in [0.15, 0.2) is 60.7 Å². The maximum Gasteiger partial charge on any atom is 0.130 e. The lowest BCUT2D eigenvalue weighted by atomic mass is 9.63. The summed E-state index contributed by atoms with van der Waals surface area (Å²) in [5.41, 5.74) is 1.57. The summed E-state index contributed by atoms with van der Waals surface area (Å²) < 4.78 is 0. The Kier molecular flexibility index (Phi) is 9.66. The first-order valence-electron chi connectivity index (χ1n) is 12.0. The molecule has 0 saturated heterocycles. The molecule has 0 saturated carbocycles. The summed E-state index contributed by atoms with van der Waals surface area (Å²) in [5.74, 6) is 0.687. The van der Waals surface area contributed by atoms with Crippen LogP contribution in [-0.2, 0) is 17.6 Å². The van der Waals surface area contributed by atoms with Crippen molar-refractivity contribution in [3.05, 3.63) is 71.8 Å². The number of aliphatic hydroxyl groups excluding tert-OH is 1. The Hall–Kier alpha value is -1.97. The summed E-state index contributed by atoms with van der Waals surface area (Å²) in [6.45, 7) is 12.2. The van der Waals surface area contributed by atoms with Gasteiger partial charge in [-0.25, -0.2) is 0 Å². The maximum absolute atomic E-state index is 12.3. The number of carbonyl (C=O) groups is 1. The SMILES string of the molecule is CC(=O)CC(C)(Cc1ccccc1)C(O)C(C)(CCc1ccccc1)CN(C)CC(C)C. The van der Waals surface area contributed by atoms with Crippen molar-refractivity contribution in [3.8, 4) is 0 Å². The van der Waals surface area contributed by atoms with Gasteiger partial charge in [0.25, 0.3) is 0 Å². The van der Waals surface area contributed by atoms with Gasteiger partial charge in [-0.15, -0.1) is 0 Å². The summed E-state index contributed by atoms with van der Waals surface area (Å²) in [6.07, 6.45) is 2.22. The molecule has 2 aromatic carbocycles. The zero-order valence-electron chi connectivity index (χ0n) is 21.0. The van der Waals surface area contributed by atoms with Gasteiger partial charge in [0.2, 0.25) is 0 Å². The van der Waals surface area contributed by atoms with Gasteiger partial charge in [0.05, 0.1) is 6.10 Å². The Labute approximate surface area is 195 Å². The van der Waals surface area contributed by atoms with Crippen LogP contribution in [0.1, 0.15) is 58.6 Å². The summed E-state index contributed by atoms with van der Waals surface area (Å²) in [5, 5.41) is 12.0. The molecule has 0 aliphatic carbocycles. The first-order chi connectivity index (χ1) is 15.0. The Morgan fingerprint density at radius 3 is 1.97 bits per heavy atom. The average Bonchev–Trinajstić information content (AvgIpc) is 2.72. The molecular weight excluding hydrogens is 394 g/mol. The smallest absolute Gasteiger partial charge is 0.130 e. The molecule has 176 valence electrons. The van der Waals surface area contributed by atoms with Crippen LogP contribution in [-0.4, -0.2) is 42.0 Å². The molecule has 32 heavy (non-hydrogen) atoms. The van der Waals surface area contributed by atoms with Crippen LogP contribution in [0.2, 0.25) is 0 Å². The predicted octanol–water partition coefficient (Wildman–Crippen LogP) is 5.80. The van der Waals surface area contributed by atoms with Crippen molar-refractivity contribution in [2.75, 3.05) is 20.1 Å². The molecule has 2 aromatic rings. The van der Waals surface area contributed by atoms with Crippen molar-refractivity contribution >= 4 is 5.78 Å². The fourth-order valence-electron chi connectivity index (χ4n) is 5.41. The fraction of sp³-hybridized carbons (Fsp3) is 0.552. The van der Waals surface area contributed by atoms with E-state index in [9.17, 15) is 9.90 Å². The third-order valence-electron chi connectivity index (χ3n) is 6.56. The summed E-state index contributed by atoms with van der Waals surface area (Å²) in [7, 11) is 2.15. The van der Waals surface area contributed by atoms with Crippen molar-refractivity contribution in [1.82, 2.24) is 4.90 Å². The highest BCUT2D eigenvalue weighted by Crippen LogP contribution is 2.43. The minimum atomic E-state index is -0.613. The number of hydrogen-bond donors (Lipinski definition) is 1. The highest BCUT2D eigenvalue weighted by atomic mass is 16.3. The number of aliphatic hydroxyl groups is 1. The van der Waals surface area contributed by atoms with Crippen LogP contribution in [0.4, 0.5) is 0 Å². The molecule has 3 heteroatoms. The van der Waals surface area contributed by atoms with Gasteiger partial charge in [0, 0.05) is 30.3 Å². The van der Waals surface area contributed by atoms with Crippen LogP contribution >= 0.6 is 0 Å². The van der Waals surface area contributed by atoms with Crippen molar-refractivity contribution in [2.24, 2.45) is 16.7 Å². The van der Waals surface area contributed by atoms with E-state index in [1.165, 1.54) is 5.56 Å². The highest BCUT2D eigenvalue weighted by Gasteiger charge is 2.46. The second kappa shape index (κ2) is 11.8. The number of rotatable bonds is 13. The van der Waals surface area contributed by atoms with E-state index in [2.05, 4.69) is 76.0 Å². The fourth-order valence-corrected chi connectivity index (χ4v) is 5.41. The predicted molar refractivity (Wildman–Crippen MR) is 135 cm³/mol. The third-order valence-corrected chi connectivity index (χ3v) is 6.56. The lowest BCUT2D eigenvalue weighted by Crippen LogP contribution is -2.52. The van der Waals surface area contributed by atoms with Gasteiger partial charge < -0.3 is 14.8 Å². The van der Waals surface area contributed by atoms with Gasteiger partial charge >= 0.3 is 0 Å². The van der Waals surface area contributed by atoms with Gasteiger partial charge in [-0.2, -0.15) is 0 Å². The number of hydrogen-bond acceptors (Lipinski definition) is 3. The first-order valence-corrected chi connectivity index (χ1v) is 12.0. The van der Waals surface area contributed by atoms with E-state index in [1.54, 1.807) is 6.92 Å². The average molecular weight is 438 g/mol. The summed E-state index contributed by atoms with van der Waals surface area (Å²) in [6, 6.07) is 20.8. The van der Waals surface area contributed by atoms with E-state index in [-0.39, 0.29) is 11.2 Å². The normalized spacial score (nSPS) is 16.5. The second-order valence-electron chi connectivity index (χ2n) is 10.8. The van der Waals surface area contributed by atoms with Crippen LogP contribution in [0.5, 0.6) is 0 Å². The van der Waals surface area contributed by atoms with Gasteiger partial charge in [-0.3, -0.25) is 0 Å². The molecule has 3 atom stereocenters. The third kappa shape index (κ3) is 7.86. The zero-order valence-corrected chi connectivity index (χ0v) is 21.0. The number of benzene rings is 2. The van der Waals surface area contributed by atoms with E-state index in [1.807, 2.05) is 24.3 Å². The van der Waals surface area contributed by atoms with Crippen LogP contribution in [0.25, 0.3) is 0 Å². The second-order valence-corrected chi connectivity index (χ2v) is 10.8. The molecule has 0 spiro atoms. The first kappa shape index (κ1) is 26.3. The van der Waals surface area contributed by atoms with E-state index >= 15 is 0 Å². The Balaban J connectivity index is 2.35. The van der Waals surface area contributed by atoms with E-state index < -0.39 is 11.5 Å². The molecule has 1 N–H and O–H groups in total. The van der Waals surface area contributed by atoms with E-state index in [0.717, 1.165) is 31.5 Å². The molecule has 2 rings (SSSR count). The number of ketones is 1. The van der Waals surface area contributed by atoms with Crippen molar-refractivity contribution in [3.63, 3.8) is 0 Å². The number of aryl methyl sites for hydroxylation is 1. The molecule has 0 radical (unpaired) electrons. The molecule has 0 bridgehead atoms. The molecule has 0 aliphatic heterocycles. The minimum Gasteiger partial charge on any atom is -0.392 e. The molecule has 3 unspecified atom stereocenters. The van der Waals surface area contributed by atoms with Crippen molar-refractivity contribution in [2.45, 2.75) is 66.4 Å². The minimum absolute atomic E-state index is 0.128. The van der Waals surface area contributed by atoms with Crippen LogP contribution in [0, 0.1) is 16.7 Å². The van der Waals surface area contributed by atoms with Crippen molar-refractivity contribution < 1.29 is 9.90 Å². The lowest BCUT2D eigenvalue weighted by molar-refractivity contribution is -0.126. The van der Waals surface area contributed by atoms with Gasteiger partial charge in [0.15, 0.2) is 0 Å². The summed E-state index contributed by atoms with van der Waals surface area (Å²) in [4.78, 5) is 14.6. The number of Topliss-reactive ketones (excluding diaryl/α,β-unsaturated/α-hetero) is 1. The van der Waals surface area contributed by atoms with Gasteiger partial charge in [0.1, 0.15) is 5.78 Å². The van der Waals surface area contributed by atoms with Gasteiger partial charge in [-0.1, -0.05) is 88.4 Å². The molecule has 0 fully saturated rings. The van der Waals surface area contributed by atoms with Crippen LogP contribution in [0.3, 0.4) is 0 Å². The molecule has 0 heterocycles. The Morgan fingerprint density at radius 1 is 0.938 bits per heavy atom. The van der Waals surface area contributed by atoms with E-state index in [0.29, 0.717) is 18.8 Å². The van der Waals surface area contributed by atoms with Crippen LogP contribution < -0.4 is 0 Å². The Morgan fingerprint density at radius 2 is 1.47 bits per heavy atom. The monoisotopic (exact) mass is 437 g/mol. The standard InChI is InChI=1S/C29H43NO2/c1-23(2)21-30(6)22-28(4,18-17-25-13-9-7-10-14-25)27(32)29(5,19-24(3)31)20-26-15-11-8-12-16-26/h7-16,23,27,32H,17-22H2,1-6H3. The largest absolute Gasteiger partial charge is 0.392 e.